The minimum atomic E-state index is -1.10. The van der Waals surface area contributed by atoms with Crippen LogP contribution in [-0.2, 0) is 19.1 Å². The first-order valence-corrected chi connectivity index (χ1v) is 12.0. The molecule has 0 aromatic heterocycles. The van der Waals surface area contributed by atoms with E-state index in [4.69, 9.17) is 9.47 Å². The van der Waals surface area contributed by atoms with Gasteiger partial charge in [0.1, 0.15) is 11.6 Å². The Hall–Kier alpha value is -1.87. The summed E-state index contributed by atoms with van der Waals surface area (Å²) in [7, 11) is 1.85. The zero-order chi connectivity index (χ0) is 25.3. The zero-order valence-corrected chi connectivity index (χ0v) is 21.6. The van der Waals surface area contributed by atoms with Crippen LogP contribution < -0.4 is 10.6 Å². The van der Waals surface area contributed by atoms with E-state index >= 15 is 0 Å². The lowest BCUT2D eigenvalue weighted by Crippen LogP contribution is -2.44. The van der Waals surface area contributed by atoms with Gasteiger partial charge in [0.25, 0.3) is 0 Å². The molecule has 1 fully saturated rings. The van der Waals surface area contributed by atoms with E-state index in [0.29, 0.717) is 45.5 Å². The number of carbonyl (C=O) groups excluding carboxylic acids is 2. The SMILES string of the molecule is CNCCN(CCCC[C@H](NC(=O)OC(C)(C)CCOC(C)(C)C)C(=O)O)C(=O)C1(C)CC1. The Morgan fingerprint density at radius 3 is 2.24 bits per heavy atom. The molecule has 0 unspecified atom stereocenters. The lowest BCUT2D eigenvalue weighted by molar-refractivity contribution is -0.140. The minimum absolute atomic E-state index is 0.173. The number of hydrogen-bond donors (Lipinski definition) is 3. The van der Waals surface area contributed by atoms with Crippen molar-refractivity contribution in [1.82, 2.24) is 15.5 Å². The van der Waals surface area contributed by atoms with Gasteiger partial charge in [0.15, 0.2) is 0 Å². The van der Waals surface area contributed by atoms with Gasteiger partial charge in [-0.2, -0.15) is 0 Å². The Balaban J connectivity index is 2.46. The predicted molar refractivity (Wildman–Crippen MR) is 127 cm³/mol. The first-order chi connectivity index (χ1) is 15.2. The molecule has 0 aromatic rings. The molecule has 1 atom stereocenters. The molecule has 0 heterocycles. The van der Waals surface area contributed by atoms with E-state index < -0.39 is 23.7 Å². The number of amides is 2. The second-order valence-electron chi connectivity index (χ2n) is 10.8. The molecule has 0 aliphatic heterocycles. The number of carboxylic acid groups (broad SMARTS) is 1. The van der Waals surface area contributed by atoms with Crippen LogP contribution in [-0.4, -0.2) is 78.5 Å². The summed E-state index contributed by atoms with van der Waals surface area (Å²) in [6.07, 6.45) is 3.09. The maximum Gasteiger partial charge on any atom is 0.408 e. The highest BCUT2D eigenvalue weighted by Gasteiger charge is 2.46. The summed E-state index contributed by atoms with van der Waals surface area (Å²) in [4.78, 5) is 38.5. The molecule has 0 spiro atoms. The molecule has 9 heteroatoms. The molecule has 0 saturated heterocycles. The second kappa shape index (κ2) is 12.6. The largest absolute Gasteiger partial charge is 0.480 e. The van der Waals surface area contributed by atoms with Gasteiger partial charge in [0.2, 0.25) is 5.91 Å². The van der Waals surface area contributed by atoms with E-state index in [1.807, 2.05) is 39.6 Å². The Kier molecular flexibility index (Phi) is 11.1. The van der Waals surface area contributed by atoms with Crippen molar-refractivity contribution in [2.45, 2.75) is 97.3 Å². The summed E-state index contributed by atoms with van der Waals surface area (Å²) >= 11 is 0. The van der Waals surface area contributed by atoms with Crippen molar-refractivity contribution in [1.29, 1.82) is 0 Å². The van der Waals surface area contributed by atoms with Gasteiger partial charge in [0, 0.05) is 31.5 Å². The van der Waals surface area contributed by atoms with Crippen molar-refractivity contribution in [3.63, 3.8) is 0 Å². The van der Waals surface area contributed by atoms with Crippen LogP contribution in [0.3, 0.4) is 0 Å². The highest BCUT2D eigenvalue weighted by Crippen LogP contribution is 2.46. The number of ether oxygens (including phenoxy) is 2. The fourth-order valence-corrected chi connectivity index (χ4v) is 3.33. The summed E-state index contributed by atoms with van der Waals surface area (Å²) in [5.74, 6) is -0.929. The molecular weight excluding hydrogens is 426 g/mol. The van der Waals surface area contributed by atoms with Gasteiger partial charge in [-0.1, -0.05) is 6.92 Å². The quantitative estimate of drug-likeness (QED) is 0.314. The maximum absolute atomic E-state index is 12.7. The van der Waals surface area contributed by atoms with E-state index in [9.17, 15) is 19.5 Å². The van der Waals surface area contributed by atoms with Crippen molar-refractivity contribution in [3.8, 4) is 0 Å². The molecule has 33 heavy (non-hydrogen) atoms. The van der Waals surface area contributed by atoms with Gasteiger partial charge in [-0.25, -0.2) is 9.59 Å². The van der Waals surface area contributed by atoms with Gasteiger partial charge in [0.05, 0.1) is 12.2 Å². The topological polar surface area (TPSA) is 117 Å². The molecule has 192 valence electrons. The van der Waals surface area contributed by atoms with Gasteiger partial charge in [-0.15, -0.1) is 0 Å². The number of nitrogens with zero attached hydrogens (tertiary/aromatic N) is 1. The average Bonchev–Trinajstić information content (AvgIpc) is 3.42. The summed E-state index contributed by atoms with van der Waals surface area (Å²) in [6.45, 7) is 13.7. The summed E-state index contributed by atoms with van der Waals surface area (Å²) < 4.78 is 11.1. The molecule has 0 aromatic carbocycles. The number of aliphatic carboxylic acids is 1. The molecule has 0 bridgehead atoms. The molecule has 1 aliphatic rings. The van der Waals surface area contributed by atoms with E-state index in [2.05, 4.69) is 10.6 Å². The first kappa shape index (κ1) is 29.2. The normalized spacial score (nSPS) is 16.1. The van der Waals surface area contributed by atoms with Crippen LogP contribution in [0.15, 0.2) is 0 Å². The Bertz CT molecular complexity index is 655. The van der Waals surface area contributed by atoms with Crippen LogP contribution in [0.2, 0.25) is 0 Å². The number of carbonyl (C=O) groups is 3. The van der Waals surface area contributed by atoms with E-state index in [-0.39, 0.29) is 23.3 Å². The average molecular weight is 472 g/mol. The summed E-state index contributed by atoms with van der Waals surface area (Å²) in [5.41, 5.74) is -1.30. The molecule has 3 N–H and O–H groups in total. The monoisotopic (exact) mass is 471 g/mol. The van der Waals surface area contributed by atoms with Crippen molar-refractivity contribution in [2.24, 2.45) is 5.41 Å². The number of likely N-dealkylation sites (N-methyl/N-ethyl adjacent to an activating group) is 1. The minimum Gasteiger partial charge on any atom is -0.480 e. The van der Waals surface area contributed by atoms with Gasteiger partial charge in [-0.05, 0) is 73.8 Å². The Morgan fingerprint density at radius 2 is 1.73 bits per heavy atom. The van der Waals surface area contributed by atoms with E-state index in [1.54, 1.807) is 13.8 Å². The number of carboxylic acids is 1. The third-order valence-electron chi connectivity index (χ3n) is 5.80. The molecule has 1 saturated carbocycles. The van der Waals surface area contributed by atoms with Crippen molar-refractivity contribution in [2.75, 3.05) is 33.3 Å². The van der Waals surface area contributed by atoms with Crippen LogP contribution >= 0.6 is 0 Å². The highest BCUT2D eigenvalue weighted by molar-refractivity contribution is 5.85. The van der Waals surface area contributed by atoms with E-state index in [1.165, 1.54) is 0 Å². The number of nitrogens with one attached hydrogen (secondary N) is 2. The zero-order valence-electron chi connectivity index (χ0n) is 21.6. The lowest BCUT2D eigenvalue weighted by atomic mass is 10.1. The molecule has 1 aliphatic carbocycles. The smallest absolute Gasteiger partial charge is 0.408 e. The summed E-state index contributed by atoms with van der Waals surface area (Å²) in [6, 6.07) is -1.04. The lowest BCUT2D eigenvalue weighted by Gasteiger charge is -2.28. The molecular formula is C24H45N3O6. The van der Waals surface area contributed by atoms with Crippen LogP contribution in [0.25, 0.3) is 0 Å². The third-order valence-corrected chi connectivity index (χ3v) is 5.80. The van der Waals surface area contributed by atoms with E-state index in [0.717, 1.165) is 12.8 Å². The highest BCUT2D eigenvalue weighted by atomic mass is 16.6. The third kappa shape index (κ3) is 11.7. The molecule has 0 radical (unpaired) electrons. The second-order valence-corrected chi connectivity index (χ2v) is 10.8. The van der Waals surface area contributed by atoms with Crippen molar-refractivity contribution >= 4 is 18.0 Å². The van der Waals surface area contributed by atoms with Crippen LogP contribution in [0, 0.1) is 5.41 Å². The van der Waals surface area contributed by atoms with Crippen LogP contribution in [0.1, 0.15) is 80.1 Å². The fraction of sp³-hybridized carbons (Fsp3) is 0.875. The Labute approximate surface area is 198 Å². The number of alkyl carbamates (subject to hydrolysis) is 1. The molecule has 1 rings (SSSR count). The van der Waals surface area contributed by atoms with Crippen molar-refractivity contribution in [3.05, 3.63) is 0 Å². The van der Waals surface area contributed by atoms with Crippen molar-refractivity contribution < 1.29 is 29.0 Å². The first-order valence-electron chi connectivity index (χ1n) is 12.0. The number of rotatable bonds is 15. The van der Waals surface area contributed by atoms with Gasteiger partial charge >= 0.3 is 12.1 Å². The number of unbranched alkanes of at least 4 members (excludes halogenated alkanes) is 1. The standard InChI is InChI=1S/C24H45N3O6/c1-22(2,3)32-17-13-23(4,5)33-21(31)26-18(19(28)29)10-8-9-15-27(16-14-25-7)20(30)24(6)11-12-24/h18,25H,8-17H2,1-7H3,(H,26,31)(H,28,29)/t18-/m0/s1. The van der Waals surface area contributed by atoms with Gasteiger partial charge in [-0.3, -0.25) is 4.79 Å². The fourth-order valence-electron chi connectivity index (χ4n) is 3.33. The summed E-state index contributed by atoms with van der Waals surface area (Å²) in [5, 5.41) is 15.1. The maximum atomic E-state index is 12.7. The number of hydrogen-bond acceptors (Lipinski definition) is 6. The van der Waals surface area contributed by atoms with Crippen LogP contribution in [0.5, 0.6) is 0 Å². The molecule has 9 nitrogen and oxygen atoms in total. The van der Waals surface area contributed by atoms with Crippen LogP contribution in [0.4, 0.5) is 4.79 Å². The molecule has 2 amide bonds. The predicted octanol–water partition coefficient (Wildman–Crippen LogP) is 3.17. The van der Waals surface area contributed by atoms with Gasteiger partial charge < -0.3 is 30.1 Å². The Morgan fingerprint density at radius 1 is 1.09 bits per heavy atom.